The fraction of sp³-hybridized carbons (Fsp3) is 0.231. The molecule has 0 saturated heterocycles. The Kier molecular flexibility index (Phi) is 6.07. The van der Waals surface area contributed by atoms with Gasteiger partial charge in [-0.2, -0.15) is 11.3 Å². The molecule has 1 heterocycles. The van der Waals surface area contributed by atoms with E-state index in [2.05, 4.69) is 0 Å². The van der Waals surface area contributed by atoms with Crippen LogP contribution in [-0.2, 0) is 0 Å². The zero-order valence-corrected chi connectivity index (χ0v) is 12.6. The van der Waals surface area contributed by atoms with E-state index in [0.29, 0.717) is 12.2 Å². The minimum absolute atomic E-state index is 0. The number of hydrogen-bond donors (Lipinski definition) is 1. The Labute approximate surface area is 126 Å². The Bertz CT molecular complexity index is 510. The summed E-state index contributed by atoms with van der Waals surface area (Å²) in [7, 11) is 0. The van der Waals surface area contributed by atoms with Gasteiger partial charge in [0.25, 0.3) is 0 Å². The molecule has 0 saturated carbocycles. The number of rotatable bonds is 4. The number of thiophene rings is 1. The number of nitrogens with two attached hydrogens (primary N) is 1. The van der Waals surface area contributed by atoms with Gasteiger partial charge in [-0.15, -0.1) is 12.4 Å². The molecule has 0 radical (unpaired) electrons. The van der Waals surface area contributed by atoms with Crippen LogP contribution in [-0.4, -0.2) is 6.61 Å². The fourth-order valence-electron chi connectivity index (χ4n) is 1.69. The zero-order valence-electron chi connectivity index (χ0n) is 10.2. The lowest BCUT2D eigenvalue weighted by molar-refractivity contribution is 0.321. The Morgan fingerprint density at radius 3 is 2.68 bits per heavy atom. The second-order valence-electron chi connectivity index (χ2n) is 3.78. The van der Waals surface area contributed by atoms with Gasteiger partial charge in [-0.1, -0.05) is 11.6 Å². The van der Waals surface area contributed by atoms with Gasteiger partial charge in [-0.25, -0.2) is 4.39 Å². The molecular weight excluding hydrogens is 308 g/mol. The third-order valence-electron chi connectivity index (χ3n) is 2.57. The van der Waals surface area contributed by atoms with Gasteiger partial charge < -0.3 is 10.5 Å². The van der Waals surface area contributed by atoms with Crippen molar-refractivity contribution in [1.82, 2.24) is 0 Å². The Hall–Kier alpha value is -0.810. The summed E-state index contributed by atoms with van der Waals surface area (Å²) in [6.45, 7) is 2.15. The molecule has 1 atom stereocenters. The topological polar surface area (TPSA) is 35.2 Å². The summed E-state index contributed by atoms with van der Waals surface area (Å²) in [6.07, 6.45) is 0. The minimum atomic E-state index is -0.481. The average Bonchev–Trinajstić information content (AvgIpc) is 2.86. The van der Waals surface area contributed by atoms with E-state index >= 15 is 0 Å². The van der Waals surface area contributed by atoms with Crippen molar-refractivity contribution >= 4 is 35.3 Å². The van der Waals surface area contributed by atoms with Crippen molar-refractivity contribution in [2.75, 3.05) is 6.61 Å². The molecule has 1 aromatic heterocycles. The van der Waals surface area contributed by atoms with Gasteiger partial charge in [-0.05, 0) is 47.0 Å². The smallest absolute Gasteiger partial charge is 0.173 e. The summed E-state index contributed by atoms with van der Waals surface area (Å²) in [6, 6.07) is 4.56. The van der Waals surface area contributed by atoms with Crippen molar-refractivity contribution in [1.29, 1.82) is 0 Å². The van der Waals surface area contributed by atoms with Crippen LogP contribution in [0.3, 0.4) is 0 Å². The molecule has 2 N–H and O–H groups in total. The number of halogens is 3. The van der Waals surface area contributed by atoms with Gasteiger partial charge in [-0.3, -0.25) is 0 Å². The molecule has 0 aliphatic heterocycles. The number of ether oxygens (including phenoxy) is 1. The van der Waals surface area contributed by atoms with Crippen LogP contribution < -0.4 is 10.5 Å². The normalized spacial score (nSPS) is 11.8. The predicted octanol–water partition coefficient (Wildman–Crippen LogP) is 4.41. The van der Waals surface area contributed by atoms with Crippen LogP contribution in [0, 0.1) is 5.82 Å². The van der Waals surface area contributed by atoms with Crippen molar-refractivity contribution in [3.8, 4) is 5.75 Å². The van der Waals surface area contributed by atoms with E-state index in [-0.39, 0.29) is 29.2 Å². The number of benzene rings is 1. The molecule has 19 heavy (non-hydrogen) atoms. The van der Waals surface area contributed by atoms with Gasteiger partial charge in [0.05, 0.1) is 17.7 Å². The van der Waals surface area contributed by atoms with E-state index in [0.717, 1.165) is 5.56 Å². The molecule has 2 rings (SSSR count). The maximum atomic E-state index is 13.8. The molecule has 0 aliphatic rings. The quantitative estimate of drug-likeness (QED) is 0.905. The van der Waals surface area contributed by atoms with E-state index in [9.17, 15) is 4.39 Å². The molecule has 0 aliphatic carbocycles. The first-order valence-corrected chi connectivity index (χ1v) is 6.85. The third-order valence-corrected chi connectivity index (χ3v) is 3.55. The van der Waals surface area contributed by atoms with Crippen LogP contribution in [0.4, 0.5) is 4.39 Å². The summed E-state index contributed by atoms with van der Waals surface area (Å²) in [5, 5.41) is 4.12. The van der Waals surface area contributed by atoms with Crippen molar-refractivity contribution in [3.63, 3.8) is 0 Å². The summed E-state index contributed by atoms with van der Waals surface area (Å²) < 4.78 is 19.0. The molecular formula is C13H14Cl2FNOS. The second kappa shape index (κ2) is 7.10. The molecule has 0 unspecified atom stereocenters. The lowest BCUT2D eigenvalue weighted by atomic mass is 10.0. The average molecular weight is 322 g/mol. The van der Waals surface area contributed by atoms with Gasteiger partial charge in [0.15, 0.2) is 11.6 Å². The van der Waals surface area contributed by atoms with Gasteiger partial charge in [0.2, 0.25) is 0 Å². The second-order valence-corrected chi connectivity index (χ2v) is 4.97. The van der Waals surface area contributed by atoms with Crippen molar-refractivity contribution < 1.29 is 9.13 Å². The van der Waals surface area contributed by atoms with Crippen molar-refractivity contribution in [3.05, 3.63) is 50.9 Å². The van der Waals surface area contributed by atoms with E-state index in [1.54, 1.807) is 24.3 Å². The monoisotopic (exact) mass is 321 g/mol. The van der Waals surface area contributed by atoms with E-state index < -0.39 is 5.82 Å². The lowest BCUT2D eigenvalue weighted by Gasteiger charge is -2.14. The standard InChI is InChI=1S/C13H13ClFNOS.ClH/c1-2-17-13-10(14)5-9(6-11(13)15)12(16)8-3-4-18-7-8;/h3-7,12H,2,16H2,1H3;1H/t12-;/m0./s1. The Balaban J connectivity index is 0.00000180. The largest absolute Gasteiger partial charge is 0.489 e. The maximum Gasteiger partial charge on any atom is 0.173 e. The molecule has 2 nitrogen and oxygen atoms in total. The highest BCUT2D eigenvalue weighted by Crippen LogP contribution is 2.32. The molecule has 0 spiro atoms. The molecule has 0 amide bonds. The molecule has 6 heteroatoms. The van der Waals surface area contributed by atoms with Crippen molar-refractivity contribution in [2.45, 2.75) is 13.0 Å². The third kappa shape index (κ3) is 3.60. The lowest BCUT2D eigenvalue weighted by Crippen LogP contribution is -2.11. The Morgan fingerprint density at radius 2 is 2.16 bits per heavy atom. The first-order chi connectivity index (χ1) is 8.63. The van der Waals surface area contributed by atoms with E-state index in [1.807, 2.05) is 16.8 Å². The van der Waals surface area contributed by atoms with Gasteiger partial charge in [0, 0.05) is 0 Å². The molecule has 1 aromatic carbocycles. The van der Waals surface area contributed by atoms with Crippen LogP contribution in [0.1, 0.15) is 24.1 Å². The molecule has 0 bridgehead atoms. The fourth-order valence-corrected chi connectivity index (χ4v) is 2.65. The van der Waals surface area contributed by atoms with Crippen LogP contribution in [0.15, 0.2) is 29.0 Å². The Morgan fingerprint density at radius 1 is 1.42 bits per heavy atom. The summed E-state index contributed by atoms with van der Waals surface area (Å²) in [4.78, 5) is 0. The van der Waals surface area contributed by atoms with Crippen LogP contribution >= 0.6 is 35.3 Å². The van der Waals surface area contributed by atoms with E-state index in [1.165, 1.54) is 6.07 Å². The van der Waals surface area contributed by atoms with Crippen LogP contribution in [0.5, 0.6) is 5.75 Å². The van der Waals surface area contributed by atoms with Crippen molar-refractivity contribution in [2.24, 2.45) is 5.73 Å². The maximum absolute atomic E-state index is 13.8. The first kappa shape index (κ1) is 16.2. The summed E-state index contributed by atoms with van der Waals surface area (Å²) in [5.41, 5.74) is 7.65. The highest BCUT2D eigenvalue weighted by molar-refractivity contribution is 7.08. The van der Waals surface area contributed by atoms with Crippen LogP contribution in [0.25, 0.3) is 0 Å². The van der Waals surface area contributed by atoms with Crippen LogP contribution in [0.2, 0.25) is 5.02 Å². The van der Waals surface area contributed by atoms with E-state index in [4.69, 9.17) is 22.1 Å². The SMILES string of the molecule is CCOc1c(F)cc([C@@H](N)c2ccsc2)cc1Cl.Cl. The summed E-state index contributed by atoms with van der Waals surface area (Å²) >= 11 is 7.55. The first-order valence-electron chi connectivity index (χ1n) is 5.53. The molecule has 2 aromatic rings. The molecule has 0 fully saturated rings. The number of hydrogen-bond acceptors (Lipinski definition) is 3. The van der Waals surface area contributed by atoms with Gasteiger partial charge in [0.1, 0.15) is 0 Å². The highest BCUT2D eigenvalue weighted by Gasteiger charge is 2.16. The molecule has 104 valence electrons. The predicted molar refractivity (Wildman–Crippen MR) is 80.2 cm³/mol. The minimum Gasteiger partial charge on any atom is -0.489 e. The van der Waals surface area contributed by atoms with Gasteiger partial charge >= 0.3 is 0 Å². The highest BCUT2D eigenvalue weighted by atomic mass is 35.5. The zero-order chi connectivity index (χ0) is 13.1. The summed E-state index contributed by atoms with van der Waals surface area (Å²) in [5.74, 6) is -0.398.